The topological polar surface area (TPSA) is 73.9 Å². The van der Waals surface area contributed by atoms with Crippen LogP contribution < -0.4 is 14.8 Å². The van der Waals surface area contributed by atoms with Gasteiger partial charge in [-0.1, -0.05) is 30.3 Å². The lowest BCUT2D eigenvalue weighted by molar-refractivity contribution is -0.119. The van der Waals surface area contributed by atoms with Gasteiger partial charge in [0.2, 0.25) is 0 Å². The van der Waals surface area contributed by atoms with Gasteiger partial charge in [-0.3, -0.25) is 4.79 Å². The predicted molar refractivity (Wildman–Crippen MR) is 105 cm³/mol. The second-order valence-electron chi connectivity index (χ2n) is 5.94. The molecule has 30 heavy (non-hydrogen) atoms. The van der Waals surface area contributed by atoms with Gasteiger partial charge in [-0.25, -0.2) is 4.79 Å². The molecule has 0 spiro atoms. The highest BCUT2D eigenvalue weighted by Crippen LogP contribution is 2.29. The highest BCUT2D eigenvalue weighted by Gasteiger charge is 2.13. The summed E-state index contributed by atoms with van der Waals surface area (Å²) in [6.45, 7) is -3.49. The maximum absolute atomic E-state index is 12.2. The molecular formula is C22H17F2NO5. The number of nitrogens with one attached hydrogen (secondary N) is 1. The van der Waals surface area contributed by atoms with Crippen LogP contribution in [-0.4, -0.2) is 25.1 Å². The van der Waals surface area contributed by atoms with Gasteiger partial charge >= 0.3 is 12.6 Å². The van der Waals surface area contributed by atoms with Gasteiger partial charge < -0.3 is 19.5 Å². The van der Waals surface area contributed by atoms with Crippen molar-refractivity contribution in [3.63, 3.8) is 0 Å². The normalized spacial score (nSPS) is 10.4. The number of benzene rings is 3. The Bertz CT molecular complexity index is 994. The summed E-state index contributed by atoms with van der Waals surface area (Å²) < 4.78 is 39.2. The summed E-state index contributed by atoms with van der Waals surface area (Å²) in [5.41, 5.74) is 0.508. The van der Waals surface area contributed by atoms with E-state index in [1.54, 1.807) is 36.4 Å². The van der Waals surface area contributed by atoms with Gasteiger partial charge in [0.15, 0.2) is 12.4 Å². The summed E-state index contributed by atoms with van der Waals surface area (Å²) in [5.74, 6) is -0.398. The highest BCUT2D eigenvalue weighted by atomic mass is 19.3. The lowest BCUT2D eigenvalue weighted by atomic mass is 10.2. The Morgan fingerprint density at radius 2 is 1.50 bits per heavy atom. The Morgan fingerprint density at radius 1 is 0.833 bits per heavy atom. The fourth-order valence-electron chi connectivity index (χ4n) is 2.45. The van der Waals surface area contributed by atoms with Crippen molar-refractivity contribution in [2.24, 2.45) is 0 Å². The predicted octanol–water partition coefficient (Wildman–Crippen LogP) is 4.88. The highest BCUT2D eigenvalue weighted by molar-refractivity contribution is 5.96. The van der Waals surface area contributed by atoms with Crippen molar-refractivity contribution in [3.05, 3.63) is 84.4 Å². The van der Waals surface area contributed by atoms with Gasteiger partial charge in [0, 0.05) is 0 Å². The first-order valence-corrected chi connectivity index (χ1v) is 8.85. The number of ether oxygens (including phenoxy) is 3. The number of hydrogen-bond acceptors (Lipinski definition) is 5. The van der Waals surface area contributed by atoms with Crippen LogP contribution in [0.25, 0.3) is 0 Å². The second-order valence-corrected chi connectivity index (χ2v) is 5.94. The molecule has 3 rings (SSSR count). The van der Waals surface area contributed by atoms with Crippen molar-refractivity contribution in [2.45, 2.75) is 6.61 Å². The van der Waals surface area contributed by atoms with E-state index in [9.17, 15) is 18.4 Å². The van der Waals surface area contributed by atoms with Crippen LogP contribution in [0.15, 0.2) is 78.9 Å². The van der Waals surface area contributed by atoms with Crippen LogP contribution >= 0.6 is 0 Å². The molecule has 3 aromatic rings. The molecule has 0 aliphatic rings. The molecule has 154 valence electrons. The van der Waals surface area contributed by atoms with Crippen LogP contribution in [0.2, 0.25) is 0 Å². The quantitative estimate of drug-likeness (QED) is 0.533. The monoisotopic (exact) mass is 413 g/mol. The molecule has 0 radical (unpaired) electrons. The first kappa shape index (κ1) is 20.8. The summed E-state index contributed by atoms with van der Waals surface area (Å²) in [7, 11) is 0. The molecule has 0 fully saturated rings. The second kappa shape index (κ2) is 10.0. The molecular weight excluding hydrogens is 396 g/mol. The van der Waals surface area contributed by atoms with E-state index in [0.29, 0.717) is 17.2 Å². The molecule has 8 heteroatoms. The van der Waals surface area contributed by atoms with E-state index in [0.717, 1.165) is 0 Å². The summed E-state index contributed by atoms with van der Waals surface area (Å²) in [6, 6.07) is 20.8. The van der Waals surface area contributed by atoms with Crippen LogP contribution in [-0.2, 0) is 9.53 Å². The number of rotatable bonds is 8. The summed E-state index contributed by atoms with van der Waals surface area (Å²) >= 11 is 0. The number of amides is 1. The molecule has 0 atom stereocenters. The van der Waals surface area contributed by atoms with Crippen molar-refractivity contribution in [2.75, 3.05) is 11.9 Å². The minimum absolute atomic E-state index is 0.0886. The van der Waals surface area contributed by atoms with Crippen molar-refractivity contribution >= 4 is 17.6 Å². The first-order valence-electron chi connectivity index (χ1n) is 8.85. The minimum atomic E-state index is -2.96. The largest absolute Gasteiger partial charge is 0.455 e. The number of alkyl halides is 2. The average Bonchev–Trinajstić information content (AvgIpc) is 2.74. The number of carbonyl (C=O) groups is 2. The Hall–Kier alpha value is -3.94. The number of carbonyl (C=O) groups excluding carboxylic acids is 2. The molecule has 1 amide bonds. The standard InChI is InChI=1S/C22H17F2NO5/c23-22(24)30-17-12-10-15(11-13-17)21(27)28-14-20(26)25-18-8-4-5-9-19(18)29-16-6-2-1-3-7-16/h1-13,22H,14H2,(H,25,26). The van der Waals surface area contributed by atoms with E-state index in [4.69, 9.17) is 9.47 Å². The molecule has 6 nitrogen and oxygen atoms in total. The van der Waals surface area contributed by atoms with Crippen molar-refractivity contribution < 1.29 is 32.6 Å². The average molecular weight is 413 g/mol. The lowest BCUT2D eigenvalue weighted by Crippen LogP contribution is -2.21. The Balaban J connectivity index is 1.55. The molecule has 0 bridgehead atoms. The summed E-state index contributed by atoms with van der Waals surface area (Å²) in [4.78, 5) is 24.2. The van der Waals surface area contributed by atoms with Crippen LogP contribution in [0, 0.1) is 0 Å². The van der Waals surface area contributed by atoms with Gasteiger partial charge in [0.25, 0.3) is 5.91 Å². The Kier molecular flexibility index (Phi) is 6.94. The van der Waals surface area contributed by atoms with Crippen LogP contribution in [0.4, 0.5) is 14.5 Å². The third kappa shape index (κ3) is 6.03. The van der Waals surface area contributed by atoms with Crippen LogP contribution in [0.5, 0.6) is 17.2 Å². The van der Waals surface area contributed by atoms with E-state index in [-0.39, 0.29) is 11.3 Å². The zero-order chi connectivity index (χ0) is 21.3. The van der Waals surface area contributed by atoms with Crippen molar-refractivity contribution in [1.82, 2.24) is 0 Å². The number of para-hydroxylation sites is 3. The Morgan fingerprint density at radius 3 is 2.20 bits per heavy atom. The van der Waals surface area contributed by atoms with Gasteiger partial charge in [0.05, 0.1) is 11.3 Å². The molecule has 0 aliphatic carbocycles. The van der Waals surface area contributed by atoms with Gasteiger partial charge in [-0.15, -0.1) is 0 Å². The van der Waals surface area contributed by atoms with Gasteiger partial charge in [-0.2, -0.15) is 8.78 Å². The molecule has 0 saturated heterocycles. The van der Waals surface area contributed by atoms with E-state index in [1.807, 2.05) is 18.2 Å². The minimum Gasteiger partial charge on any atom is -0.455 e. The van der Waals surface area contributed by atoms with Crippen LogP contribution in [0.3, 0.4) is 0 Å². The zero-order valence-electron chi connectivity index (χ0n) is 15.6. The molecule has 0 aromatic heterocycles. The first-order chi connectivity index (χ1) is 14.5. The van der Waals surface area contributed by atoms with Crippen molar-refractivity contribution in [3.8, 4) is 17.2 Å². The zero-order valence-corrected chi connectivity index (χ0v) is 15.6. The molecule has 0 aliphatic heterocycles. The van der Waals surface area contributed by atoms with Crippen molar-refractivity contribution in [1.29, 1.82) is 0 Å². The Labute approximate surface area is 171 Å². The van der Waals surface area contributed by atoms with E-state index >= 15 is 0 Å². The summed E-state index contributed by atoms with van der Waals surface area (Å²) in [6.07, 6.45) is 0. The number of esters is 1. The maximum Gasteiger partial charge on any atom is 0.387 e. The van der Waals surface area contributed by atoms with E-state index < -0.39 is 25.1 Å². The molecule has 0 heterocycles. The third-order valence-corrected chi connectivity index (χ3v) is 3.78. The van der Waals surface area contributed by atoms with Crippen LogP contribution in [0.1, 0.15) is 10.4 Å². The molecule has 1 N–H and O–H groups in total. The number of anilines is 1. The molecule has 0 unspecified atom stereocenters. The SMILES string of the molecule is O=C(COC(=O)c1ccc(OC(F)F)cc1)Nc1ccccc1Oc1ccccc1. The summed E-state index contributed by atoms with van der Waals surface area (Å²) in [5, 5.41) is 2.62. The van der Waals surface area contributed by atoms with E-state index in [2.05, 4.69) is 10.1 Å². The van der Waals surface area contributed by atoms with Gasteiger partial charge in [0.1, 0.15) is 11.5 Å². The maximum atomic E-state index is 12.2. The molecule has 0 saturated carbocycles. The fourth-order valence-corrected chi connectivity index (χ4v) is 2.45. The molecule has 3 aromatic carbocycles. The van der Waals surface area contributed by atoms with Gasteiger partial charge in [-0.05, 0) is 48.5 Å². The van der Waals surface area contributed by atoms with E-state index in [1.165, 1.54) is 24.3 Å². The fraction of sp³-hybridized carbons (Fsp3) is 0.0909. The third-order valence-electron chi connectivity index (χ3n) is 3.78. The number of halogens is 2. The smallest absolute Gasteiger partial charge is 0.387 e. The number of hydrogen-bond donors (Lipinski definition) is 1. The lowest BCUT2D eigenvalue weighted by Gasteiger charge is -2.12.